The van der Waals surface area contributed by atoms with E-state index in [-0.39, 0.29) is 23.5 Å². The number of benzene rings is 3. The van der Waals surface area contributed by atoms with E-state index in [0.29, 0.717) is 35.5 Å². The van der Waals surface area contributed by atoms with Crippen molar-refractivity contribution in [2.45, 2.75) is 39.2 Å². The van der Waals surface area contributed by atoms with Crippen LogP contribution in [0.2, 0.25) is 0 Å². The number of amides is 1. The van der Waals surface area contributed by atoms with Crippen LogP contribution >= 0.6 is 0 Å². The van der Waals surface area contributed by atoms with Crippen LogP contribution in [0.5, 0.6) is 11.5 Å². The zero-order valence-corrected chi connectivity index (χ0v) is 21.7. The van der Waals surface area contributed by atoms with Crippen LogP contribution in [0.25, 0.3) is 0 Å². The first kappa shape index (κ1) is 24.6. The molecule has 1 N–H and O–H groups in total. The highest BCUT2D eigenvalue weighted by molar-refractivity contribution is 6.07. The van der Waals surface area contributed by atoms with Crippen LogP contribution in [0.3, 0.4) is 0 Å². The van der Waals surface area contributed by atoms with Gasteiger partial charge >= 0.3 is 0 Å². The van der Waals surface area contributed by atoms with Crippen molar-refractivity contribution < 1.29 is 19.1 Å². The summed E-state index contributed by atoms with van der Waals surface area (Å²) in [5, 5.41) is 3.55. The lowest BCUT2D eigenvalue weighted by atomic mass is 9.73. The topological polar surface area (TPSA) is 67.9 Å². The summed E-state index contributed by atoms with van der Waals surface area (Å²) in [6.07, 6.45) is 1.28. The lowest BCUT2D eigenvalue weighted by Gasteiger charge is -2.37. The minimum absolute atomic E-state index is 0.0268. The van der Waals surface area contributed by atoms with Gasteiger partial charge in [0.25, 0.3) is 0 Å². The van der Waals surface area contributed by atoms with Crippen molar-refractivity contribution in [2.75, 3.05) is 24.4 Å². The number of Topliss-reactive ketones (excluding diaryl/α,β-unsaturated/α-hetero) is 1. The molecule has 5 rings (SSSR count). The Balaban J connectivity index is 1.78. The van der Waals surface area contributed by atoms with Gasteiger partial charge in [0, 0.05) is 23.3 Å². The molecule has 0 spiro atoms. The molecule has 0 bridgehead atoms. The number of ether oxygens (including phenoxy) is 2. The molecule has 0 fully saturated rings. The minimum atomic E-state index is -0.684. The molecule has 2 aliphatic rings. The third-order valence-electron chi connectivity index (χ3n) is 7.10. The summed E-state index contributed by atoms with van der Waals surface area (Å²) in [4.78, 5) is 29.9. The van der Waals surface area contributed by atoms with Gasteiger partial charge in [-0.3, -0.25) is 14.5 Å². The summed E-state index contributed by atoms with van der Waals surface area (Å²) < 4.78 is 11.3. The van der Waals surface area contributed by atoms with Gasteiger partial charge in [-0.1, -0.05) is 56.3 Å². The number of carbonyl (C=O) groups excluding carboxylic acids is 2. The summed E-state index contributed by atoms with van der Waals surface area (Å²) >= 11 is 0. The molecule has 0 radical (unpaired) electrons. The highest BCUT2D eigenvalue weighted by Crippen LogP contribution is 2.50. The Kier molecular flexibility index (Phi) is 6.50. The molecule has 6 heteroatoms. The molecule has 1 atom stereocenters. The quantitative estimate of drug-likeness (QED) is 0.463. The van der Waals surface area contributed by atoms with Crippen LogP contribution in [0.15, 0.2) is 84.1 Å². The Hall–Kier alpha value is -4.06. The average molecular weight is 497 g/mol. The molecule has 1 aliphatic carbocycles. The predicted octanol–water partition coefficient (Wildman–Crippen LogP) is 6.09. The Morgan fingerprint density at radius 2 is 1.70 bits per heavy atom. The molecular weight excluding hydrogens is 464 g/mol. The standard InChI is InChI=1S/C31H32N2O4/c1-31(2)18-24-29(26(34)19-31)30(22-17-21(36-3)14-15-27(22)37-4)33(25-13-9-8-12-23(25)32-24)28(35)16-20-10-6-5-7-11-20/h5-15,17,30,32H,16,18-19H2,1-4H3/t30-/m0/s1. The van der Waals surface area contributed by atoms with Gasteiger partial charge in [0.1, 0.15) is 11.5 Å². The molecule has 0 saturated heterocycles. The molecule has 1 heterocycles. The van der Waals surface area contributed by atoms with E-state index in [0.717, 1.165) is 22.6 Å². The van der Waals surface area contributed by atoms with Gasteiger partial charge < -0.3 is 14.8 Å². The van der Waals surface area contributed by atoms with Crippen molar-refractivity contribution in [3.05, 3.63) is 95.2 Å². The molecule has 0 saturated carbocycles. The van der Waals surface area contributed by atoms with Crippen LogP contribution in [0.4, 0.5) is 11.4 Å². The molecule has 0 unspecified atom stereocenters. The Bertz CT molecular complexity index is 1380. The maximum atomic E-state index is 14.2. The van der Waals surface area contributed by atoms with E-state index in [1.807, 2.05) is 72.8 Å². The molecule has 190 valence electrons. The minimum Gasteiger partial charge on any atom is -0.497 e. The molecule has 0 aromatic heterocycles. The van der Waals surface area contributed by atoms with E-state index in [2.05, 4.69) is 19.2 Å². The van der Waals surface area contributed by atoms with Crippen molar-refractivity contribution in [3.63, 3.8) is 0 Å². The molecular formula is C31H32N2O4. The smallest absolute Gasteiger partial charge is 0.232 e. The number of carbonyl (C=O) groups is 2. The summed E-state index contributed by atoms with van der Waals surface area (Å²) in [5.41, 5.74) is 4.38. The highest BCUT2D eigenvalue weighted by atomic mass is 16.5. The highest BCUT2D eigenvalue weighted by Gasteiger charge is 2.44. The van der Waals surface area contributed by atoms with Crippen LogP contribution in [0, 0.1) is 5.41 Å². The van der Waals surface area contributed by atoms with Crippen LogP contribution < -0.4 is 19.7 Å². The number of allylic oxidation sites excluding steroid dienone is 1. The lowest BCUT2D eigenvalue weighted by molar-refractivity contribution is -0.119. The van der Waals surface area contributed by atoms with Crippen molar-refractivity contribution in [3.8, 4) is 11.5 Å². The number of nitrogens with zero attached hydrogens (tertiary/aromatic N) is 1. The number of hydrogen-bond donors (Lipinski definition) is 1. The van der Waals surface area contributed by atoms with Crippen molar-refractivity contribution in [1.29, 1.82) is 0 Å². The van der Waals surface area contributed by atoms with Crippen molar-refractivity contribution in [2.24, 2.45) is 5.41 Å². The fraction of sp³-hybridized carbons (Fsp3) is 0.290. The van der Waals surface area contributed by atoms with Gasteiger partial charge in [-0.05, 0) is 47.7 Å². The Labute approximate surface area is 217 Å². The van der Waals surface area contributed by atoms with E-state index >= 15 is 0 Å². The van der Waals surface area contributed by atoms with Gasteiger partial charge in [-0.15, -0.1) is 0 Å². The van der Waals surface area contributed by atoms with E-state index in [1.54, 1.807) is 19.1 Å². The third kappa shape index (κ3) is 4.71. The van der Waals surface area contributed by atoms with Gasteiger partial charge in [-0.2, -0.15) is 0 Å². The second-order valence-corrected chi connectivity index (χ2v) is 10.4. The molecule has 3 aromatic rings. The SMILES string of the molecule is COc1ccc(OC)c([C@H]2C3=C(CC(C)(C)CC3=O)Nc3ccccc3N2C(=O)Cc2ccccc2)c1. The van der Waals surface area contributed by atoms with Gasteiger partial charge in [0.15, 0.2) is 5.78 Å². The number of methoxy groups -OCH3 is 2. The monoisotopic (exact) mass is 496 g/mol. The molecule has 1 aliphatic heterocycles. The van der Waals surface area contributed by atoms with E-state index in [1.165, 1.54) is 0 Å². The van der Waals surface area contributed by atoms with Gasteiger partial charge in [0.05, 0.1) is 38.1 Å². The maximum Gasteiger partial charge on any atom is 0.232 e. The zero-order valence-electron chi connectivity index (χ0n) is 21.7. The fourth-order valence-electron chi connectivity index (χ4n) is 5.47. The Morgan fingerprint density at radius 3 is 2.43 bits per heavy atom. The normalized spacial score (nSPS) is 18.3. The average Bonchev–Trinajstić information content (AvgIpc) is 3.02. The second kappa shape index (κ2) is 9.77. The summed E-state index contributed by atoms with van der Waals surface area (Å²) in [6.45, 7) is 4.21. The van der Waals surface area contributed by atoms with Crippen molar-refractivity contribution in [1.82, 2.24) is 0 Å². The fourth-order valence-corrected chi connectivity index (χ4v) is 5.47. The summed E-state index contributed by atoms with van der Waals surface area (Å²) in [5.74, 6) is 1.13. The molecule has 1 amide bonds. The molecule has 6 nitrogen and oxygen atoms in total. The predicted molar refractivity (Wildman–Crippen MR) is 145 cm³/mol. The number of fused-ring (bicyclic) bond motifs is 1. The summed E-state index contributed by atoms with van der Waals surface area (Å²) in [6, 6.07) is 22.3. The van der Waals surface area contributed by atoms with E-state index in [9.17, 15) is 9.59 Å². The summed E-state index contributed by atoms with van der Waals surface area (Å²) in [7, 11) is 3.21. The van der Waals surface area contributed by atoms with E-state index in [4.69, 9.17) is 9.47 Å². The van der Waals surface area contributed by atoms with Crippen molar-refractivity contribution >= 4 is 23.1 Å². The number of ketones is 1. The maximum absolute atomic E-state index is 14.2. The van der Waals surface area contributed by atoms with Crippen LogP contribution in [-0.4, -0.2) is 25.9 Å². The Morgan fingerprint density at radius 1 is 0.973 bits per heavy atom. The van der Waals surface area contributed by atoms with E-state index < -0.39 is 6.04 Å². The molecule has 37 heavy (non-hydrogen) atoms. The van der Waals surface area contributed by atoms with Crippen LogP contribution in [0.1, 0.15) is 43.9 Å². The first-order valence-electron chi connectivity index (χ1n) is 12.5. The molecule has 3 aromatic carbocycles. The number of anilines is 2. The number of hydrogen-bond acceptors (Lipinski definition) is 5. The first-order chi connectivity index (χ1) is 17.8. The number of nitrogens with one attached hydrogen (secondary N) is 1. The second-order valence-electron chi connectivity index (χ2n) is 10.4. The number of rotatable bonds is 5. The van der Waals surface area contributed by atoms with Gasteiger partial charge in [-0.25, -0.2) is 0 Å². The van der Waals surface area contributed by atoms with Crippen LogP contribution in [-0.2, 0) is 16.0 Å². The largest absolute Gasteiger partial charge is 0.497 e. The first-order valence-corrected chi connectivity index (χ1v) is 12.5. The number of para-hydroxylation sites is 2. The van der Waals surface area contributed by atoms with Gasteiger partial charge in [0.2, 0.25) is 5.91 Å². The zero-order chi connectivity index (χ0) is 26.2. The lowest BCUT2D eigenvalue weighted by Crippen LogP contribution is -2.40. The third-order valence-corrected chi connectivity index (χ3v) is 7.10.